The summed E-state index contributed by atoms with van der Waals surface area (Å²) in [5, 5.41) is 3.66. The van der Waals surface area contributed by atoms with E-state index in [2.05, 4.69) is 21.2 Å². The van der Waals surface area contributed by atoms with E-state index in [9.17, 15) is 14.4 Å². The molecule has 2 heterocycles. The van der Waals surface area contributed by atoms with Gasteiger partial charge in [0.2, 0.25) is 0 Å². The van der Waals surface area contributed by atoms with E-state index in [-0.39, 0.29) is 12.1 Å². The van der Waals surface area contributed by atoms with Gasteiger partial charge in [-0.05, 0) is 42.0 Å². The zero-order valence-corrected chi connectivity index (χ0v) is 21.8. The number of rotatable bonds is 7. The molecule has 7 nitrogen and oxygen atoms in total. The van der Waals surface area contributed by atoms with Crippen LogP contribution in [-0.4, -0.2) is 33.9 Å². The van der Waals surface area contributed by atoms with Gasteiger partial charge in [-0.2, -0.15) is 0 Å². The number of carbonyl (C=O) groups excluding carboxylic acids is 3. The predicted octanol–water partition coefficient (Wildman–Crippen LogP) is 5.80. The standard InChI is InChI=1S/C28H21BrClN3O4/c29-20-10-11-24-21(15-20)19(17-32(24)12-13-37-25-9-5-4-8-23(25)30)14-22-26(34)31-28(36)33(27(22)35)16-18-6-2-1-3-7-18/h1-11,14-15,17H,12-13,16H2,(H,31,34,36)/b22-14+. The number of ether oxygens (including phenoxy) is 1. The van der Waals surface area contributed by atoms with Crippen molar-refractivity contribution in [3.05, 3.63) is 105 Å². The molecular formula is C28H21BrClN3O4. The molecule has 1 aliphatic heterocycles. The summed E-state index contributed by atoms with van der Waals surface area (Å²) in [6.07, 6.45) is 3.39. The largest absolute Gasteiger partial charge is 0.490 e. The lowest BCUT2D eigenvalue weighted by Crippen LogP contribution is -2.53. The highest BCUT2D eigenvalue weighted by Crippen LogP contribution is 2.29. The molecule has 0 saturated carbocycles. The molecule has 0 aliphatic carbocycles. The number of nitrogens with zero attached hydrogens (tertiary/aromatic N) is 2. The minimum Gasteiger partial charge on any atom is -0.490 e. The van der Waals surface area contributed by atoms with Crippen LogP contribution in [-0.2, 0) is 22.7 Å². The monoisotopic (exact) mass is 577 g/mol. The Morgan fingerprint density at radius 2 is 1.73 bits per heavy atom. The molecule has 1 saturated heterocycles. The van der Waals surface area contributed by atoms with Gasteiger partial charge in [0.1, 0.15) is 17.9 Å². The van der Waals surface area contributed by atoms with Crippen molar-refractivity contribution < 1.29 is 19.1 Å². The van der Waals surface area contributed by atoms with Crippen LogP contribution in [0.2, 0.25) is 5.02 Å². The summed E-state index contributed by atoms with van der Waals surface area (Å²) in [5.41, 5.74) is 2.24. The molecule has 0 spiro atoms. The number of hydrogen-bond acceptors (Lipinski definition) is 4. The number of urea groups is 1. The third kappa shape index (κ3) is 5.30. The molecule has 1 fully saturated rings. The SMILES string of the molecule is O=C1NC(=O)N(Cc2ccccc2)C(=O)/C1=C/c1cn(CCOc2ccccc2Cl)c2ccc(Br)cc12. The second-order valence-corrected chi connectivity index (χ2v) is 9.74. The Balaban J connectivity index is 1.45. The molecule has 1 aromatic heterocycles. The van der Waals surface area contributed by atoms with Gasteiger partial charge in [-0.3, -0.25) is 19.8 Å². The van der Waals surface area contributed by atoms with Crippen molar-refractivity contribution in [2.24, 2.45) is 0 Å². The molecule has 0 atom stereocenters. The van der Waals surface area contributed by atoms with Gasteiger partial charge in [0.15, 0.2) is 0 Å². The quantitative estimate of drug-likeness (QED) is 0.222. The topological polar surface area (TPSA) is 80.6 Å². The fourth-order valence-electron chi connectivity index (χ4n) is 4.17. The van der Waals surface area contributed by atoms with Crippen LogP contribution in [0.3, 0.4) is 0 Å². The minimum absolute atomic E-state index is 0.0584. The number of nitrogens with one attached hydrogen (secondary N) is 1. The number of benzene rings is 3. The zero-order valence-electron chi connectivity index (χ0n) is 19.5. The average Bonchev–Trinajstić information content (AvgIpc) is 3.22. The number of hydrogen-bond donors (Lipinski definition) is 1. The number of aromatic nitrogens is 1. The Morgan fingerprint density at radius 1 is 0.973 bits per heavy atom. The van der Waals surface area contributed by atoms with Crippen molar-refractivity contribution in [2.75, 3.05) is 6.61 Å². The number of para-hydroxylation sites is 1. The van der Waals surface area contributed by atoms with Gasteiger partial charge in [0.25, 0.3) is 11.8 Å². The molecule has 186 valence electrons. The highest BCUT2D eigenvalue weighted by Gasteiger charge is 2.35. The first-order valence-corrected chi connectivity index (χ1v) is 12.7. The lowest BCUT2D eigenvalue weighted by Gasteiger charge is -2.26. The molecule has 4 aromatic rings. The highest BCUT2D eigenvalue weighted by molar-refractivity contribution is 9.10. The minimum atomic E-state index is -0.738. The third-order valence-electron chi connectivity index (χ3n) is 5.97. The highest BCUT2D eigenvalue weighted by atomic mass is 79.9. The number of halogens is 2. The van der Waals surface area contributed by atoms with Gasteiger partial charge in [-0.1, -0.05) is 70.0 Å². The number of amides is 4. The number of fused-ring (bicyclic) bond motifs is 1. The van der Waals surface area contributed by atoms with Crippen molar-refractivity contribution in [3.63, 3.8) is 0 Å². The third-order valence-corrected chi connectivity index (χ3v) is 6.78. The molecule has 1 aliphatic rings. The van der Waals surface area contributed by atoms with Crippen LogP contribution in [0, 0.1) is 0 Å². The normalized spacial score (nSPS) is 14.9. The van der Waals surface area contributed by atoms with Gasteiger partial charge in [-0.25, -0.2) is 4.79 Å². The van der Waals surface area contributed by atoms with E-state index in [0.29, 0.717) is 29.5 Å². The first kappa shape index (κ1) is 24.8. The van der Waals surface area contributed by atoms with E-state index in [0.717, 1.165) is 25.8 Å². The molecule has 9 heteroatoms. The second kappa shape index (κ2) is 10.6. The van der Waals surface area contributed by atoms with E-state index in [1.165, 1.54) is 6.08 Å². The van der Waals surface area contributed by atoms with Crippen LogP contribution in [0.4, 0.5) is 4.79 Å². The predicted molar refractivity (Wildman–Crippen MR) is 145 cm³/mol. The van der Waals surface area contributed by atoms with Gasteiger partial charge >= 0.3 is 6.03 Å². The Bertz CT molecular complexity index is 1550. The van der Waals surface area contributed by atoms with E-state index >= 15 is 0 Å². The van der Waals surface area contributed by atoms with E-state index in [4.69, 9.17) is 16.3 Å². The van der Waals surface area contributed by atoms with Crippen molar-refractivity contribution in [3.8, 4) is 5.75 Å². The Labute approximate surface area is 226 Å². The number of carbonyl (C=O) groups is 3. The molecule has 0 unspecified atom stereocenters. The summed E-state index contributed by atoms with van der Waals surface area (Å²) in [5.74, 6) is -0.772. The lowest BCUT2D eigenvalue weighted by atomic mass is 10.1. The second-order valence-electron chi connectivity index (χ2n) is 8.41. The molecule has 4 amide bonds. The van der Waals surface area contributed by atoms with Crippen LogP contribution in [0.25, 0.3) is 17.0 Å². The summed E-state index contributed by atoms with van der Waals surface area (Å²) >= 11 is 9.69. The Hall–Kier alpha value is -3.88. The first-order chi connectivity index (χ1) is 17.9. The molecule has 1 N–H and O–H groups in total. The maximum Gasteiger partial charge on any atom is 0.331 e. The van der Waals surface area contributed by atoms with Crippen LogP contribution < -0.4 is 10.1 Å². The molecule has 37 heavy (non-hydrogen) atoms. The van der Waals surface area contributed by atoms with E-state index in [1.54, 1.807) is 12.1 Å². The summed E-state index contributed by atoms with van der Waals surface area (Å²) < 4.78 is 8.69. The summed E-state index contributed by atoms with van der Waals surface area (Å²) in [7, 11) is 0. The van der Waals surface area contributed by atoms with Crippen molar-refractivity contribution >= 4 is 62.4 Å². The fraction of sp³-hybridized carbons (Fsp3) is 0.107. The average molecular weight is 579 g/mol. The summed E-state index contributed by atoms with van der Waals surface area (Å²) in [4.78, 5) is 39.4. The zero-order chi connectivity index (χ0) is 25.9. The molecule has 0 bridgehead atoms. The first-order valence-electron chi connectivity index (χ1n) is 11.5. The molecule has 0 radical (unpaired) electrons. The number of imide groups is 2. The van der Waals surface area contributed by atoms with Crippen molar-refractivity contribution in [1.82, 2.24) is 14.8 Å². The van der Waals surface area contributed by atoms with Crippen LogP contribution in [0.15, 0.2) is 89.0 Å². The van der Waals surface area contributed by atoms with Gasteiger partial charge < -0.3 is 9.30 Å². The van der Waals surface area contributed by atoms with Crippen LogP contribution in [0.1, 0.15) is 11.1 Å². The lowest BCUT2D eigenvalue weighted by molar-refractivity contribution is -0.130. The Kier molecular flexibility index (Phi) is 7.12. The van der Waals surface area contributed by atoms with Crippen molar-refractivity contribution in [2.45, 2.75) is 13.1 Å². The smallest absolute Gasteiger partial charge is 0.331 e. The maximum atomic E-state index is 13.3. The fourth-order valence-corrected chi connectivity index (χ4v) is 4.72. The van der Waals surface area contributed by atoms with E-state index in [1.807, 2.05) is 71.4 Å². The van der Waals surface area contributed by atoms with Crippen molar-refractivity contribution in [1.29, 1.82) is 0 Å². The van der Waals surface area contributed by atoms with Gasteiger partial charge in [0.05, 0.1) is 18.1 Å². The van der Waals surface area contributed by atoms with Gasteiger partial charge in [-0.15, -0.1) is 0 Å². The van der Waals surface area contributed by atoms with Crippen LogP contribution >= 0.6 is 27.5 Å². The maximum absolute atomic E-state index is 13.3. The molecule has 3 aromatic carbocycles. The Morgan fingerprint density at radius 3 is 2.51 bits per heavy atom. The molecular weight excluding hydrogens is 558 g/mol. The van der Waals surface area contributed by atoms with E-state index < -0.39 is 17.8 Å². The number of barbiturate groups is 1. The van der Waals surface area contributed by atoms with Gasteiger partial charge in [0, 0.05) is 27.1 Å². The summed E-state index contributed by atoms with van der Waals surface area (Å²) in [6.45, 7) is 0.923. The summed E-state index contributed by atoms with van der Waals surface area (Å²) in [6, 6.07) is 21.4. The van der Waals surface area contributed by atoms with Crippen LogP contribution in [0.5, 0.6) is 5.75 Å². The molecule has 5 rings (SSSR count).